The Kier molecular flexibility index (Phi) is 3.95. The van der Waals surface area contributed by atoms with Crippen molar-refractivity contribution < 1.29 is 0 Å². The number of nitrogens with zero attached hydrogens (tertiary/aromatic N) is 2. The van der Waals surface area contributed by atoms with Gasteiger partial charge in [-0.2, -0.15) is 16.4 Å². The van der Waals surface area contributed by atoms with Crippen molar-refractivity contribution in [1.82, 2.24) is 15.1 Å². The fourth-order valence-electron chi connectivity index (χ4n) is 2.27. The van der Waals surface area contributed by atoms with Crippen LogP contribution in [-0.4, -0.2) is 16.8 Å². The Bertz CT molecular complexity index is 643. The summed E-state index contributed by atoms with van der Waals surface area (Å²) in [6.45, 7) is 0. The molecule has 102 valence electrons. The van der Waals surface area contributed by atoms with E-state index in [0.29, 0.717) is 6.04 Å². The van der Waals surface area contributed by atoms with E-state index >= 15 is 0 Å². The Morgan fingerprint density at radius 3 is 2.80 bits per heavy atom. The Hall–Kier alpha value is -1.91. The smallest absolute Gasteiger partial charge is 0.0645 e. The molecule has 1 aromatic carbocycles. The lowest BCUT2D eigenvalue weighted by Crippen LogP contribution is -2.18. The number of benzene rings is 1. The molecule has 2 aromatic heterocycles. The van der Waals surface area contributed by atoms with Crippen LogP contribution in [-0.2, 0) is 6.42 Å². The molecule has 0 aliphatic heterocycles. The fourth-order valence-corrected chi connectivity index (χ4v) is 2.95. The third-order valence-corrected chi connectivity index (χ3v) is 4.13. The zero-order valence-electron chi connectivity index (χ0n) is 11.4. The van der Waals surface area contributed by atoms with Gasteiger partial charge in [0.15, 0.2) is 0 Å². The zero-order chi connectivity index (χ0) is 13.8. The molecule has 1 atom stereocenters. The molecule has 3 rings (SSSR count). The minimum Gasteiger partial charge on any atom is -0.313 e. The largest absolute Gasteiger partial charge is 0.313 e. The fraction of sp³-hybridized carbons (Fsp3) is 0.188. The molecule has 4 heteroatoms. The molecular formula is C16H17N3S. The highest BCUT2D eigenvalue weighted by molar-refractivity contribution is 7.07. The average Bonchev–Trinajstić information content (AvgIpc) is 3.17. The summed E-state index contributed by atoms with van der Waals surface area (Å²) in [5.74, 6) is 0. The van der Waals surface area contributed by atoms with Gasteiger partial charge in [-0.05, 0) is 48.0 Å². The molecule has 0 bridgehead atoms. The van der Waals surface area contributed by atoms with Crippen LogP contribution in [0, 0.1) is 0 Å². The molecular weight excluding hydrogens is 266 g/mol. The molecule has 1 unspecified atom stereocenters. The van der Waals surface area contributed by atoms with Gasteiger partial charge in [-0.25, -0.2) is 4.68 Å². The first kappa shape index (κ1) is 13.1. The molecule has 0 saturated heterocycles. The molecule has 0 saturated carbocycles. The molecule has 0 aliphatic carbocycles. The second-order valence-electron chi connectivity index (χ2n) is 4.73. The normalized spacial score (nSPS) is 12.4. The second kappa shape index (κ2) is 6.03. The quantitative estimate of drug-likeness (QED) is 0.777. The van der Waals surface area contributed by atoms with Crippen LogP contribution < -0.4 is 5.32 Å². The molecule has 0 aliphatic rings. The molecule has 0 radical (unpaired) electrons. The number of para-hydroxylation sites is 1. The molecule has 3 nitrogen and oxygen atoms in total. The summed E-state index contributed by atoms with van der Waals surface area (Å²) in [5, 5.41) is 12.2. The van der Waals surface area contributed by atoms with Crippen LogP contribution in [0.3, 0.4) is 0 Å². The second-order valence-corrected chi connectivity index (χ2v) is 5.51. The SMILES string of the molecule is CNC(Cc1ccsc1)c1cnn(-c2ccccc2)c1. The van der Waals surface area contributed by atoms with Crippen LogP contribution in [0.2, 0.25) is 0 Å². The molecule has 1 N–H and O–H groups in total. The lowest BCUT2D eigenvalue weighted by molar-refractivity contribution is 0.593. The highest BCUT2D eigenvalue weighted by atomic mass is 32.1. The van der Waals surface area contributed by atoms with Crippen molar-refractivity contribution in [2.24, 2.45) is 0 Å². The van der Waals surface area contributed by atoms with Crippen LogP contribution in [0.4, 0.5) is 0 Å². The monoisotopic (exact) mass is 283 g/mol. The van der Waals surface area contributed by atoms with E-state index in [4.69, 9.17) is 0 Å². The maximum Gasteiger partial charge on any atom is 0.0645 e. The lowest BCUT2D eigenvalue weighted by Gasteiger charge is -2.13. The van der Waals surface area contributed by atoms with Crippen molar-refractivity contribution in [3.05, 3.63) is 70.7 Å². The Balaban J connectivity index is 1.81. The van der Waals surface area contributed by atoms with Gasteiger partial charge in [0.2, 0.25) is 0 Å². The van der Waals surface area contributed by atoms with Crippen molar-refractivity contribution in [1.29, 1.82) is 0 Å². The highest BCUT2D eigenvalue weighted by Gasteiger charge is 2.13. The van der Waals surface area contributed by atoms with Crippen LogP contribution in [0.25, 0.3) is 5.69 Å². The summed E-state index contributed by atoms with van der Waals surface area (Å²) in [7, 11) is 2.00. The van der Waals surface area contributed by atoms with E-state index in [1.54, 1.807) is 11.3 Å². The van der Waals surface area contributed by atoms with Gasteiger partial charge in [0, 0.05) is 17.8 Å². The molecule has 0 amide bonds. The van der Waals surface area contributed by atoms with E-state index in [1.165, 1.54) is 11.1 Å². The first-order chi connectivity index (χ1) is 9.86. The standard InChI is InChI=1S/C16H17N3S/c1-17-16(9-13-7-8-20-12-13)14-10-18-19(11-14)15-5-3-2-4-6-15/h2-8,10-12,16-17H,9H2,1H3. The van der Waals surface area contributed by atoms with Crippen molar-refractivity contribution in [2.45, 2.75) is 12.5 Å². The summed E-state index contributed by atoms with van der Waals surface area (Å²) in [6, 6.07) is 12.7. The van der Waals surface area contributed by atoms with E-state index < -0.39 is 0 Å². The summed E-state index contributed by atoms with van der Waals surface area (Å²) in [4.78, 5) is 0. The van der Waals surface area contributed by atoms with E-state index in [0.717, 1.165) is 12.1 Å². The number of likely N-dealkylation sites (N-methyl/N-ethyl adjacent to an activating group) is 1. The first-order valence-electron chi connectivity index (χ1n) is 6.65. The number of nitrogens with one attached hydrogen (secondary N) is 1. The van der Waals surface area contributed by atoms with Gasteiger partial charge in [-0.3, -0.25) is 0 Å². The summed E-state index contributed by atoms with van der Waals surface area (Å²) in [6.07, 6.45) is 5.03. The number of rotatable bonds is 5. The summed E-state index contributed by atoms with van der Waals surface area (Å²) >= 11 is 1.74. The van der Waals surface area contributed by atoms with Crippen molar-refractivity contribution in [3.63, 3.8) is 0 Å². The zero-order valence-corrected chi connectivity index (χ0v) is 12.2. The number of hydrogen-bond acceptors (Lipinski definition) is 3. The van der Waals surface area contributed by atoms with Gasteiger partial charge >= 0.3 is 0 Å². The van der Waals surface area contributed by atoms with Crippen molar-refractivity contribution in [2.75, 3.05) is 7.05 Å². The Labute approximate surface area is 122 Å². The molecule has 20 heavy (non-hydrogen) atoms. The molecule has 3 aromatic rings. The van der Waals surface area contributed by atoms with Crippen LogP contribution in [0.1, 0.15) is 17.2 Å². The summed E-state index contributed by atoms with van der Waals surface area (Å²) in [5.41, 5.74) is 3.66. The first-order valence-corrected chi connectivity index (χ1v) is 7.59. The molecule has 0 fully saturated rings. The van der Waals surface area contributed by atoms with Gasteiger partial charge in [0.05, 0.1) is 11.9 Å². The van der Waals surface area contributed by atoms with Crippen LogP contribution >= 0.6 is 11.3 Å². The minimum atomic E-state index is 0.294. The average molecular weight is 283 g/mol. The van der Waals surface area contributed by atoms with Crippen LogP contribution in [0.15, 0.2) is 59.6 Å². The third kappa shape index (κ3) is 2.81. The van der Waals surface area contributed by atoms with Crippen molar-refractivity contribution in [3.8, 4) is 5.69 Å². The minimum absolute atomic E-state index is 0.294. The molecule has 2 heterocycles. The highest BCUT2D eigenvalue weighted by Crippen LogP contribution is 2.20. The van der Waals surface area contributed by atoms with Crippen molar-refractivity contribution >= 4 is 11.3 Å². The van der Waals surface area contributed by atoms with Gasteiger partial charge in [-0.15, -0.1) is 0 Å². The third-order valence-electron chi connectivity index (χ3n) is 3.39. The predicted molar refractivity (Wildman–Crippen MR) is 83.4 cm³/mol. The maximum absolute atomic E-state index is 4.46. The van der Waals surface area contributed by atoms with E-state index in [2.05, 4.69) is 45.6 Å². The van der Waals surface area contributed by atoms with E-state index in [-0.39, 0.29) is 0 Å². The van der Waals surface area contributed by atoms with Gasteiger partial charge in [0.1, 0.15) is 0 Å². The number of hydrogen-bond donors (Lipinski definition) is 1. The molecule has 0 spiro atoms. The van der Waals surface area contributed by atoms with Gasteiger partial charge in [0.25, 0.3) is 0 Å². The summed E-state index contributed by atoms with van der Waals surface area (Å²) < 4.78 is 1.92. The maximum atomic E-state index is 4.46. The van der Waals surface area contributed by atoms with Crippen LogP contribution in [0.5, 0.6) is 0 Å². The van der Waals surface area contributed by atoms with Gasteiger partial charge in [-0.1, -0.05) is 18.2 Å². The van der Waals surface area contributed by atoms with E-state index in [1.807, 2.05) is 36.1 Å². The number of aromatic nitrogens is 2. The van der Waals surface area contributed by atoms with Gasteiger partial charge < -0.3 is 5.32 Å². The predicted octanol–water partition coefficient (Wildman–Crippen LogP) is 3.44. The van der Waals surface area contributed by atoms with E-state index in [9.17, 15) is 0 Å². The lowest BCUT2D eigenvalue weighted by atomic mass is 10.0. The number of thiophene rings is 1. The Morgan fingerprint density at radius 1 is 1.25 bits per heavy atom. The topological polar surface area (TPSA) is 29.9 Å². The Morgan fingerprint density at radius 2 is 2.10 bits per heavy atom.